The smallest absolute Gasteiger partial charge is 0.293 e. The largest absolute Gasteiger partial charge is 0.467 e. The van der Waals surface area contributed by atoms with Crippen molar-refractivity contribution in [3.05, 3.63) is 0 Å². The van der Waals surface area contributed by atoms with Crippen LogP contribution in [-0.4, -0.2) is 34.4 Å². The molecular weight excluding hydrogens is 160 g/mol. The lowest BCUT2D eigenvalue weighted by Gasteiger charge is -1.97. The Kier molecular flexibility index (Phi) is 3.97. The summed E-state index contributed by atoms with van der Waals surface area (Å²) in [5, 5.41) is 0. The standard InChI is InChI=1S/C4H8O5S/c1-8-10(6,7)3-2-9-4-5/h4H,2-3H2,1H3. The van der Waals surface area contributed by atoms with Crippen LogP contribution in [0, 0.1) is 0 Å². The Balaban J connectivity index is 3.58. The summed E-state index contributed by atoms with van der Waals surface area (Å²) in [5.41, 5.74) is 0. The van der Waals surface area contributed by atoms with Crippen LogP contribution >= 0.6 is 0 Å². The minimum atomic E-state index is -3.48. The highest BCUT2D eigenvalue weighted by molar-refractivity contribution is 7.86. The van der Waals surface area contributed by atoms with Gasteiger partial charge in [-0.3, -0.25) is 8.98 Å². The molecule has 0 aromatic carbocycles. The van der Waals surface area contributed by atoms with Crippen molar-refractivity contribution in [2.75, 3.05) is 19.5 Å². The first-order chi connectivity index (χ1) is 4.62. The number of ether oxygens (including phenoxy) is 1. The second-order valence-electron chi connectivity index (χ2n) is 1.40. The van der Waals surface area contributed by atoms with Crippen LogP contribution in [-0.2, 0) is 23.8 Å². The average molecular weight is 168 g/mol. The van der Waals surface area contributed by atoms with E-state index in [9.17, 15) is 13.2 Å². The lowest BCUT2D eigenvalue weighted by molar-refractivity contribution is -0.128. The van der Waals surface area contributed by atoms with E-state index in [0.29, 0.717) is 0 Å². The summed E-state index contributed by atoms with van der Waals surface area (Å²) in [6.07, 6.45) is 0. The molecule has 0 radical (unpaired) electrons. The zero-order valence-corrected chi connectivity index (χ0v) is 6.26. The van der Waals surface area contributed by atoms with Gasteiger partial charge in [-0.15, -0.1) is 0 Å². The Bertz CT molecular complexity index is 182. The van der Waals surface area contributed by atoms with Crippen molar-refractivity contribution in [2.45, 2.75) is 0 Å². The van der Waals surface area contributed by atoms with Crippen molar-refractivity contribution in [3.8, 4) is 0 Å². The molecular formula is C4H8O5S. The maximum Gasteiger partial charge on any atom is 0.293 e. The summed E-state index contributed by atoms with van der Waals surface area (Å²) in [5.74, 6) is -0.303. The SMILES string of the molecule is COS(=O)(=O)CCOC=O. The quantitative estimate of drug-likeness (QED) is 0.303. The molecule has 60 valence electrons. The number of carbonyl (C=O) groups is 1. The Morgan fingerprint density at radius 1 is 1.50 bits per heavy atom. The fourth-order valence-electron chi connectivity index (χ4n) is 0.282. The highest BCUT2D eigenvalue weighted by Gasteiger charge is 2.06. The van der Waals surface area contributed by atoms with Crippen molar-refractivity contribution < 1.29 is 22.1 Å². The summed E-state index contributed by atoms with van der Waals surface area (Å²) in [6.45, 7) is 0.0187. The van der Waals surface area contributed by atoms with Crippen LogP contribution in [0.25, 0.3) is 0 Å². The first kappa shape index (κ1) is 9.38. The topological polar surface area (TPSA) is 69.7 Å². The molecule has 0 aromatic rings. The molecule has 0 spiro atoms. The minimum absolute atomic E-state index is 0.167. The van der Waals surface area contributed by atoms with Crippen molar-refractivity contribution in [2.24, 2.45) is 0 Å². The van der Waals surface area contributed by atoms with E-state index >= 15 is 0 Å². The predicted molar refractivity (Wildman–Crippen MR) is 32.8 cm³/mol. The molecule has 0 saturated heterocycles. The summed E-state index contributed by atoms with van der Waals surface area (Å²) in [7, 11) is -2.42. The maximum absolute atomic E-state index is 10.5. The molecule has 0 amide bonds. The third-order valence-electron chi connectivity index (χ3n) is 0.773. The maximum atomic E-state index is 10.5. The molecule has 0 aromatic heterocycles. The van der Waals surface area contributed by atoms with Crippen LogP contribution in [0.2, 0.25) is 0 Å². The lowest BCUT2D eigenvalue weighted by atomic mass is 10.9. The molecule has 0 aliphatic heterocycles. The van der Waals surface area contributed by atoms with E-state index in [-0.39, 0.29) is 18.8 Å². The number of hydrogen-bond donors (Lipinski definition) is 0. The Hall–Kier alpha value is -0.620. The first-order valence-corrected chi connectivity index (χ1v) is 4.03. The molecule has 0 bridgehead atoms. The fourth-order valence-corrected chi connectivity index (χ4v) is 0.749. The second-order valence-corrected chi connectivity index (χ2v) is 3.25. The molecule has 0 N–H and O–H groups in total. The molecule has 0 heterocycles. The van der Waals surface area contributed by atoms with Gasteiger partial charge in [0.25, 0.3) is 16.6 Å². The number of carbonyl (C=O) groups excluding carboxylic acids is 1. The van der Waals surface area contributed by atoms with Crippen LogP contribution < -0.4 is 0 Å². The highest BCUT2D eigenvalue weighted by Crippen LogP contribution is 1.88. The van der Waals surface area contributed by atoms with E-state index < -0.39 is 10.1 Å². The van der Waals surface area contributed by atoms with E-state index in [1.807, 2.05) is 0 Å². The summed E-state index contributed by atoms with van der Waals surface area (Å²) in [6, 6.07) is 0. The van der Waals surface area contributed by atoms with Crippen molar-refractivity contribution in [3.63, 3.8) is 0 Å². The van der Waals surface area contributed by atoms with Crippen LogP contribution in [0.1, 0.15) is 0 Å². The molecule has 5 nitrogen and oxygen atoms in total. The molecule has 10 heavy (non-hydrogen) atoms. The third kappa shape index (κ3) is 4.28. The van der Waals surface area contributed by atoms with E-state index in [0.717, 1.165) is 7.11 Å². The van der Waals surface area contributed by atoms with Crippen LogP contribution in [0.5, 0.6) is 0 Å². The number of rotatable bonds is 5. The molecule has 0 saturated carbocycles. The van der Waals surface area contributed by atoms with Gasteiger partial charge < -0.3 is 4.74 Å². The molecule has 6 heteroatoms. The van der Waals surface area contributed by atoms with Crippen molar-refractivity contribution in [1.82, 2.24) is 0 Å². The van der Waals surface area contributed by atoms with Crippen LogP contribution in [0.3, 0.4) is 0 Å². The summed E-state index contributed by atoms with van der Waals surface area (Å²) < 4.78 is 29.1. The Morgan fingerprint density at radius 3 is 2.50 bits per heavy atom. The minimum Gasteiger partial charge on any atom is -0.467 e. The monoisotopic (exact) mass is 168 g/mol. The zero-order valence-electron chi connectivity index (χ0n) is 5.44. The van der Waals surface area contributed by atoms with E-state index in [1.165, 1.54) is 0 Å². The zero-order chi connectivity index (χ0) is 8.04. The van der Waals surface area contributed by atoms with Gasteiger partial charge in [0.1, 0.15) is 12.4 Å². The predicted octanol–water partition coefficient (Wildman–Crippen LogP) is -0.864. The van der Waals surface area contributed by atoms with Crippen LogP contribution in [0.4, 0.5) is 0 Å². The molecule has 0 unspecified atom stereocenters. The molecule has 0 aliphatic rings. The van der Waals surface area contributed by atoms with Gasteiger partial charge in [-0.05, 0) is 0 Å². The van der Waals surface area contributed by atoms with Gasteiger partial charge in [0.15, 0.2) is 0 Å². The molecule has 0 rings (SSSR count). The van der Waals surface area contributed by atoms with E-state index in [1.54, 1.807) is 0 Å². The molecule has 0 atom stereocenters. The summed E-state index contributed by atoms with van der Waals surface area (Å²) in [4.78, 5) is 9.52. The van der Waals surface area contributed by atoms with E-state index in [2.05, 4.69) is 8.92 Å². The van der Waals surface area contributed by atoms with Gasteiger partial charge in [-0.1, -0.05) is 0 Å². The lowest BCUT2D eigenvalue weighted by Crippen LogP contribution is -2.12. The van der Waals surface area contributed by atoms with Crippen molar-refractivity contribution >= 4 is 16.6 Å². The average Bonchev–Trinajstić information content (AvgIpc) is 1.89. The molecule has 0 aliphatic carbocycles. The third-order valence-corrected chi connectivity index (χ3v) is 1.95. The van der Waals surface area contributed by atoms with Gasteiger partial charge >= 0.3 is 0 Å². The Labute approximate surface area is 59.1 Å². The normalized spacial score (nSPS) is 10.9. The first-order valence-electron chi connectivity index (χ1n) is 2.46. The Morgan fingerprint density at radius 2 is 2.10 bits per heavy atom. The van der Waals surface area contributed by atoms with Gasteiger partial charge in [-0.25, -0.2) is 0 Å². The van der Waals surface area contributed by atoms with E-state index in [4.69, 9.17) is 0 Å². The number of hydrogen-bond acceptors (Lipinski definition) is 5. The van der Waals surface area contributed by atoms with Gasteiger partial charge in [0.2, 0.25) is 0 Å². The second kappa shape index (κ2) is 4.24. The van der Waals surface area contributed by atoms with Gasteiger partial charge in [0.05, 0.1) is 7.11 Å². The molecule has 0 fully saturated rings. The fraction of sp³-hybridized carbons (Fsp3) is 0.750. The van der Waals surface area contributed by atoms with Gasteiger partial charge in [0, 0.05) is 0 Å². The summed E-state index contributed by atoms with van der Waals surface area (Å²) >= 11 is 0. The van der Waals surface area contributed by atoms with Crippen molar-refractivity contribution in [1.29, 1.82) is 0 Å². The van der Waals surface area contributed by atoms with Gasteiger partial charge in [-0.2, -0.15) is 8.42 Å². The highest BCUT2D eigenvalue weighted by atomic mass is 32.2. The van der Waals surface area contributed by atoms with Crippen LogP contribution in [0.15, 0.2) is 0 Å².